The smallest absolute Gasteiger partial charge is 0.253 e. The molecule has 106 valence electrons. The molecule has 0 N–H and O–H groups in total. The highest BCUT2D eigenvalue weighted by molar-refractivity contribution is 6.28. The fraction of sp³-hybridized carbons (Fsp3) is 0.643. The van der Waals surface area contributed by atoms with Crippen molar-refractivity contribution < 1.29 is 4.79 Å². The van der Waals surface area contributed by atoms with Crippen LogP contribution in [0.4, 0.5) is 11.5 Å². The van der Waals surface area contributed by atoms with Gasteiger partial charge in [-0.2, -0.15) is 4.98 Å². The van der Waals surface area contributed by atoms with Gasteiger partial charge in [-0.3, -0.25) is 4.79 Å². The Balaban J connectivity index is 1.89. The third-order valence-electron chi connectivity index (χ3n) is 5.49. The summed E-state index contributed by atoms with van der Waals surface area (Å²) in [5.74, 6) is 2.08. The van der Waals surface area contributed by atoms with Crippen molar-refractivity contribution in [3.8, 4) is 0 Å². The maximum atomic E-state index is 13.0. The van der Waals surface area contributed by atoms with Gasteiger partial charge in [0, 0.05) is 14.1 Å². The highest BCUT2D eigenvalue weighted by Crippen LogP contribution is 2.57. The minimum Gasteiger partial charge on any atom is -0.343 e. The summed E-state index contributed by atoms with van der Waals surface area (Å²) in [6, 6.07) is 0. The van der Waals surface area contributed by atoms with E-state index in [0.29, 0.717) is 11.8 Å². The molecule has 5 nitrogen and oxygen atoms in total. The first kappa shape index (κ1) is 12.4. The number of aromatic nitrogens is 2. The second-order valence-electron chi connectivity index (χ2n) is 6.28. The van der Waals surface area contributed by atoms with E-state index in [9.17, 15) is 4.79 Å². The van der Waals surface area contributed by atoms with Gasteiger partial charge in [0.2, 0.25) is 5.28 Å². The summed E-state index contributed by atoms with van der Waals surface area (Å²) in [7, 11) is 3.80. The number of anilines is 2. The van der Waals surface area contributed by atoms with Gasteiger partial charge in [-0.05, 0) is 49.1 Å². The molecule has 0 radical (unpaired) electrons. The van der Waals surface area contributed by atoms with Crippen molar-refractivity contribution in [3.05, 3.63) is 11.5 Å². The van der Waals surface area contributed by atoms with E-state index in [2.05, 4.69) is 14.9 Å². The van der Waals surface area contributed by atoms with Gasteiger partial charge in [0.05, 0.1) is 6.20 Å². The fourth-order valence-corrected chi connectivity index (χ4v) is 4.66. The van der Waals surface area contributed by atoms with Crippen LogP contribution in [-0.4, -0.2) is 35.5 Å². The van der Waals surface area contributed by atoms with Crippen LogP contribution in [-0.2, 0) is 4.79 Å². The highest BCUT2D eigenvalue weighted by atomic mass is 35.5. The number of fused-ring (bicyclic) bond motifs is 4. The minimum atomic E-state index is -0.414. The number of likely N-dealkylation sites (N-methyl/N-ethyl adjacent to an activating group) is 2. The van der Waals surface area contributed by atoms with E-state index in [4.69, 9.17) is 11.6 Å². The predicted molar refractivity (Wildman–Crippen MR) is 77.0 cm³/mol. The summed E-state index contributed by atoms with van der Waals surface area (Å²) in [5, 5.41) is 0.233. The van der Waals surface area contributed by atoms with E-state index >= 15 is 0 Å². The van der Waals surface area contributed by atoms with Gasteiger partial charge >= 0.3 is 0 Å². The number of hydrogen-bond donors (Lipinski definition) is 0. The third-order valence-corrected chi connectivity index (χ3v) is 5.67. The van der Waals surface area contributed by atoms with Gasteiger partial charge < -0.3 is 9.80 Å². The van der Waals surface area contributed by atoms with Crippen molar-refractivity contribution in [3.63, 3.8) is 0 Å². The number of nitrogens with zero attached hydrogens (tertiary/aromatic N) is 4. The molecule has 20 heavy (non-hydrogen) atoms. The zero-order chi connectivity index (χ0) is 14.1. The van der Waals surface area contributed by atoms with Crippen LogP contribution in [0.3, 0.4) is 0 Å². The summed E-state index contributed by atoms with van der Waals surface area (Å²) in [4.78, 5) is 25.2. The van der Waals surface area contributed by atoms with Gasteiger partial charge in [-0.15, -0.1) is 0 Å². The maximum absolute atomic E-state index is 13.0. The number of carbonyl (C=O) groups is 1. The molecule has 3 atom stereocenters. The number of hydrogen-bond acceptors (Lipinski definition) is 4. The average molecular weight is 293 g/mol. The molecule has 2 bridgehead atoms. The van der Waals surface area contributed by atoms with E-state index < -0.39 is 5.54 Å². The largest absolute Gasteiger partial charge is 0.343 e. The lowest BCUT2D eigenvalue weighted by molar-refractivity contribution is -0.125. The van der Waals surface area contributed by atoms with Gasteiger partial charge in [0.1, 0.15) is 11.2 Å². The normalized spacial score (nSPS) is 35.0. The van der Waals surface area contributed by atoms with Gasteiger partial charge in [0.15, 0.2) is 5.82 Å². The van der Waals surface area contributed by atoms with Crippen LogP contribution >= 0.6 is 11.6 Å². The molecule has 1 amide bonds. The Kier molecular flexibility index (Phi) is 2.38. The van der Waals surface area contributed by atoms with E-state index in [0.717, 1.165) is 30.8 Å². The first-order chi connectivity index (χ1) is 9.54. The van der Waals surface area contributed by atoms with E-state index in [1.807, 2.05) is 14.1 Å². The molecule has 3 unspecified atom stereocenters. The van der Waals surface area contributed by atoms with Crippen molar-refractivity contribution in [1.29, 1.82) is 0 Å². The molecular formula is C14H17ClN4O. The summed E-state index contributed by atoms with van der Waals surface area (Å²) < 4.78 is 0. The fourth-order valence-electron chi connectivity index (χ4n) is 4.53. The van der Waals surface area contributed by atoms with Crippen LogP contribution in [0.15, 0.2) is 6.20 Å². The SMILES string of the molecule is CN1C(=O)C2(CC3CCC2C3)N(C)c2nc(Cl)ncc21. The third kappa shape index (κ3) is 1.31. The van der Waals surface area contributed by atoms with Crippen LogP contribution < -0.4 is 9.80 Å². The van der Waals surface area contributed by atoms with Crippen molar-refractivity contribution in [2.75, 3.05) is 23.9 Å². The van der Waals surface area contributed by atoms with Crippen LogP contribution in [0.2, 0.25) is 5.28 Å². The van der Waals surface area contributed by atoms with Gasteiger partial charge in [-0.25, -0.2) is 4.98 Å². The zero-order valence-electron chi connectivity index (χ0n) is 11.6. The van der Waals surface area contributed by atoms with E-state index in [1.54, 1.807) is 11.1 Å². The average Bonchev–Trinajstić information content (AvgIpc) is 3.04. The van der Waals surface area contributed by atoms with E-state index in [1.165, 1.54) is 6.42 Å². The van der Waals surface area contributed by atoms with Crippen LogP contribution in [0.25, 0.3) is 0 Å². The highest BCUT2D eigenvalue weighted by Gasteiger charge is 2.61. The van der Waals surface area contributed by atoms with Gasteiger partial charge in [-0.1, -0.05) is 0 Å². The summed E-state index contributed by atoms with van der Waals surface area (Å²) in [5.41, 5.74) is 0.331. The second-order valence-corrected chi connectivity index (χ2v) is 6.61. The Morgan fingerprint density at radius 2 is 2.20 bits per heavy atom. The molecule has 2 aliphatic carbocycles. The Labute approximate surface area is 122 Å². The molecule has 1 aromatic rings. The molecule has 0 saturated heterocycles. The molecule has 2 saturated carbocycles. The zero-order valence-corrected chi connectivity index (χ0v) is 12.4. The van der Waals surface area contributed by atoms with Crippen LogP contribution in [0.5, 0.6) is 0 Å². The molecule has 1 spiro atoms. The Bertz CT molecular complexity index is 607. The molecular weight excluding hydrogens is 276 g/mol. The standard InChI is InChI=1S/C14H17ClN4O/c1-18-10-7-16-13(15)17-11(10)19(2)14(12(18)20)6-8-3-4-9(14)5-8/h7-9H,3-6H2,1-2H3. The number of rotatable bonds is 0. The molecule has 2 fully saturated rings. The topological polar surface area (TPSA) is 49.3 Å². The first-order valence-electron chi connectivity index (χ1n) is 7.08. The van der Waals surface area contributed by atoms with Crippen LogP contribution in [0, 0.1) is 11.8 Å². The molecule has 3 aliphatic rings. The van der Waals surface area contributed by atoms with Crippen molar-refractivity contribution in [1.82, 2.24) is 9.97 Å². The number of amides is 1. The Morgan fingerprint density at radius 1 is 1.40 bits per heavy atom. The first-order valence-corrected chi connectivity index (χ1v) is 7.46. The van der Waals surface area contributed by atoms with Crippen LogP contribution in [0.1, 0.15) is 25.7 Å². The Morgan fingerprint density at radius 3 is 2.85 bits per heavy atom. The van der Waals surface area contributed by atoms with E-state index in [-0.39, 0.29) is 11.2 Å². The second kappa shape index (κ2) is 3.85. The lowest BCUT2D eigenvalue weighted by Crippen LogP contribution is -2.64. The summed E-state index contributed by atoms with van der Waals surface area (Å²) in [6.07, 6.45) is 6.15. The molecule has 2 heterocycles. The lowest BCUT2D eigenvalue weighted by Gasteiger charge is -2.50. The van der Waals surface area contributed by atoms with Gasteiger partial charge in [0.25, 0.3) is 5.91 Å². The minimum absolute atomic E-state index is 0.186. The molecule has 6 heteroatoms. The summed E-state index contributed by atoms with van der Waals surface area (Å²) >= 11 is 5.95. The number of halogens is 1. The molecule has 1 aliphatic heterocycles. The summed E-state index contributed by atoms with van der Waals surface area (Å²) in [6.45, 7) is 0. The molecule has 4 rings (SSSR count). The maximum Gasteiger partial charge on any atom is 0.253 e. The predicted octanol–water partition coefficient (Wildman–Crippen LogP) is 2.10. The Hall–Kier alpha value is -1.36. The quantitative estimate of drug-likeness (QED) is 0.687. The molecule has 1 aromatic heterocycles. The van der Waals surface area contributed by atoms with Crippen molar-refractivity contribution in [2.45, 2.75) is 31.2 Å². The van der Waals surface area contributed by atoms with Crippen molar-refractivity contribution in [2.24, 2.45) is 11.8 Å². The van der Waals surface area contributed by atoms with Crippen molar-refractivity contribution >= 4 is 29.0 Å². The monoisotopic (exact) mass is 292 g/mol. The lowest BCUT2D eigenvalue weighted by atomic mass is 9.77. The number of carbonyl (C=O) groups excluding carboxylic acids is 1. The molecule has 0 aromatic carbocycles.